The van der Waals surface area contributed by atoms with E-state index in [1.807, 2.05) is 13.8 Å². The number of nitrogens with zero attached hydrogens (tertiary/aromatic N) is 2. The molecule has 0 fully saturated rings. The average Bonchev–Trinajstić information content (AvgIpc) is 2.53. The maximum absolute atomic E-state index is 11.7. The largest absolute Gasteiger partial charge is 0.329 e. The third-order valence-corrected chi connectivity index (χ3v) is 2.93. The number of non-ortho nitro benzene ring substituents is 1. The smallest absolute Gasteiger partial charge is 0.318 e. The fraction of sp³-hybridized carbons (Fsp3) is 0.400. The van der Waals surface area contributed by atoms with Crippen LogP contribution in [0.15, 0.2) is 29.4 Å². The first-order valence-electron chi connectivity index (χ1n) is 7.39. The van der Waals surface area contributed by atoms with E-state index in [0.717, 1.165) is 31.4 Å². The van der Waals surface area contributed by atoms with Crippen LogP contribution in [-0.2, 0) is 9.59 Å². The lowest BCUT2D eigenvalue weighted by atomic mass is 10.1. The minimum atomic E-state index is -0.881. The van der Waals surface area contributed by atoms with Crippen molar-refractivity contribution in [3.63, 3.8) is 0 Å². The molecule has 0 heterocycles. The Hall–Kier alpha value is -2.77. The Balaban J connectivity index is 2.61. The number of carbonyl (C=O) groups excluding carboxylic acids is 2. The van der Waals surface area contributed by atoms with Gasteiger partial charge in [-0.3, -0.25) is 19.7 Å². The van der Waals surface area contributed by atoms with Crippen LogP contribution in [0.2, 0.25) is 0 Å². The maximum atomic E-state index is 11.7. The summed E-state index contributed by atoms with van der Waals surface area (Å²) in [7, 11) is 0. The quantitative estimate of drug-likeness (QED) is 0.348. The van der Waals surface area contributed by atoms with E-state index in [2.05, 4.69) is 15.8 Å². The van der Waals surface area contributed by atoms with Gasteiger partial charge in [-0.15, -0.1) is 0 Å². The van der Waals surface area contributed by atoms with Crippen LogP contribution in [0, 0.1) is 10.1 Å². The fourth-order valence-electron chi connectivity index (χ4n) is 1.85. The summed E-state index contributed by atoms with van der Waals surface area (Å²) in [4.78, 5) is 33.4. The predicted molar refractivity (Wildman–Crippen MR) is 87.1 cm³/mol. The van der Waals surface area contributed by atoms with Gasteiger partial charge in [0.2, 0.25) is 0 Å². The maximum Gasteiger partial charge on any atom is 0.329 e. The van der Waals surface area contributed by atoms with Gasteiger partial charge >= 0.3 is 11.8 Å². The van der Waals surface area contributed by atoms with Gasteiger partial charge in [-0.2, -0.15) is 5.10 Å². The number of amides is 2. The van der Waals surface area contributed by atoms with Crippen molar-refractivity contribution in [2.75, 3.05) is 5.32 Å². The molecule has 0 saturated heterocycles. The van der Waals surface area contributed by atoms with Crippen molar-refractivity contribution >= 4 is 28.9 Å². The van der Waals surface area contributed by atoms with Gasteiger partial charge in [0.1, 0.15) is 0 Å². The number of rotatable bonds is 7. The van der Waals surface area contributed by atoms with Gasteiger partial charge < -0.3 is 5.32 Å². The Morgan fingerprint density at radius 1 is 1.09 bits per heavy atom. The molecule has 8 nitrogen and oxygen atoms in total. The Labute approximate surface area is 134 Å². The molecule has 0 aliphatic rings. The lowest BCUT2D eigenvalue weighted by molar-refractivity contribution is -0.384. The van der Waals surface area contributed by atoms with Gasteiger partial charge in [-0.05, 0) is 25.0 Å². The van der Waals surface area contributed by atoms with Gasteiger partial charge in [-0.1, -0.05) is 26.7 Å². The predicted octanol–water partition coefficient (Wildman–Crippen LogP) is 2.61. The lowest BCUT2D eigenvalue weighted by Gasteiger charge is -2.06. The highest BCUT2D eigenvalue weighted by atomic mass is 16.6. The van der Waals surface area contributed by atoms with Crippen LogP contribution in [0.4, 0.5) is 11.4 Å². The van der Waals surface area contributed by atoms with E-state index in [9.17, 15) is 19.7 Å². The second-order valence-electron chi connectivity index (χ2n) is 4.88. The van der Waals surface area contributed by atoms with Gasteiger partial charge in [0.25, 0.3) is 5.69 Å². The summed E-state index contributed by atoms with van der Waals surface area (Å²) in [6.45, 7) is 4.02. The van der Waals surface area contributed by atoms with Crippen molar-refractivity contribution in [1.29, 1.82) is 0 Å². The molecule has 1 aromatic carbocycles. The number of hydrogen-bond donors (Lipinski definition) is 2. The van der Waals surface area contributed by atoms with Gasteiger partial charge in [-0.25, -0.2) is 5.43 Å². The summed E-state index contributed by atoms with van der Waals surface area (Å²) >= 11 is 0. The highest BCUT2D eigenvalue weighted by molar-refractivity contribution is 6.39. The van der Waals surface area contributed by atoms with Crippen LogP contribution in [0.5, 0.6) is 0 Å². The highest BCUT2D eigenvalue weighted by Crippen LogP contribution is 2.15. The Morgan fingerprint density at radius 3 is 2.13 bits per heavy atom. The minimum Gasteiger partial charge on any atom is -0.318 e. The van der Waals surface area contributed by atoms with Crippen molar-refractivity contribution in [3.8, 4) is 0 Å². The molecule has 2 N–H and O–H groups in total. The van der Waals surface area contributed by atoms with Crippen LogP contribution in [0.3, 0.4) is 0 Å². The molecule has 0 aliphatic heterocycles. The van der Waals surface area contributed by atoms with Crippen molar-refractivity contribution in [2.24, 2.45) is 5.10 Å². The normalized spacial score (nSPS) is 9.83. The molecule has 0 radical (unpaired) electrons. The Kier molecular flexibility index (Phi) is 7.38. The van der Waals surface area contributed by atoms with Crippen LogP contribution in [0.25, 0.3) is 0 Å². The number of carbonyl (C=O) groups is 2. The van der Waals surface area contributed by atoms with Crippen molar-refractivity contribution < 1.29 is 14.5 Å². The van der Waals surface area contributed by atoms with E-state index in [1.165, 1.54) is 24.3 Å². The monoisotopic (exact) mass is 320 g/mol. The third kappa shape index (κ3) is 6.25. The first kappa shape index (κ1) is 18.3. The summed E-state index contributed by atoms with van der Waals surface area (Å²) in [5, 5.41) is 16.9. The van der Waals surface area contributed by atoms with Crippen LogP contribution in [-0.4, -0.2) is 22.4 Å². The molecule has 0 aliphatic carbocycles. The first-order chi connectivity index (χ1) is 11.0. The van der Waals surface area contributed by atoms with Crippen LogP contribution < -0.4 is 10.7 Å². The van der Waals surface area contributed by atoms with Crippen molar-refractivity contribution in [2.45, 2.75) is 39.5 Å². The fourth-order valence-corrected chi connectivity index (χ4v) is 1.85. The van der Waals surface area contributed by atoms with Gasteiger partial charge in [0.15, 0.2) is 0 Å². The molecule has 0 aromatic heterocycles. The van der Waals surface area contributed by atoms with Crippen molar-refractivity contribution in [3.05, 3.63) is 34.4 Å². The standard InChI is InChI=1S/C15H20N4O4/c1-3-5-12(6-4-2)17-18-15(21)14(20)16-11-7-9-13(10-8-11)19(22)23/h7-10H,3-6H2,1-2H3,(H,16,20)(H,18,21). The summed E-state index contributed by atoms with van der Waals surface area (Å²) in [5.41, 5.74) is 3.27. The molecule has 0 atom stereocenters. The zero-order valence-electron chi connectivity index (χ0n) is 13.2. The second kappa shape index (κ2) is 9.29. The number of anilines is 1. The lowest BCUT2D eigenvalue weighted by Crippen LogP contribution is -2.33. The van der Waals surface area contributed by atoms with Crippen LogP contribution >= 0.6 is 0 Å². The van der Waals surface area contributed by atoms with E-state index in [1.54, 1.807) is 0 Å². The molecule has 2 amide bonds. The molecule has 124 valence electrons. The zero-order valence-corrected chi connectivity index (χ0v) is 13.2. The van der Waals surface area contributed by atoms with E-state index in [0.29, 0.717) is 5.69 Å². The molecule has 1 aromatic rings. The molecular weight excluding hydrogens is 300 g/mol. The molecule has 0 spiro atoms. The second-order valence-corrected chi connectivity index (χ2v) is 4.88. The van der Waals surface area contributed by atoms with E-state index < -0.39 is 16.7 Å². The van der Waals surface area contributed by atoms with Crippen molar-refractivity contribution in [1.82, 2.24) is 5.43 Å². The average molecular weight is 320 g/mol. The number of benzene rings is 1. The molecule has 8 heteroatoms. The van der Waals surface area contributed by atoms with E-state index in [4.69, 9.17) is 0 Å². The summed E-state index contributed by atoms with van der Waals surface area (Å²) in [6, 6.07) is 5.19. The highest BCUT2D eigenvalue weighted by Gasteiger charge is 2.14. The van der Waals surface area contributed by atoms with Gasteiger partial charge in [0, 0.05) is 23.5 Å². The molecule has 0 bridgehead atoms. The molecular formula is C15H20N4O4. The number of hydrazone groups is 1. The molecule has 1 rings (SSSR count). The summed E-state index contributed by atoms with van der Waals surface area (Å²) in [6.07, 6.45) is 3.34. The number of hydrogen-bond acceptors (Lipinski definition) is 5. The SMILES string of the molecule is CCCC(CCC)=NNC(=O)C(=O)Nc1ccc([N+](=O)[O-])cc1. The third-order valence-electron chi connectivity index (χ3n) is 2.93. The van der Waals surface area contributed by atoms with E-state index in [-0.39, 0.29) is 5.69 Å². The number of nitrogens with one attached hydrogen (secondary N) is 2. The molecule has 23 heavy (non-hydrogen) atoms. The topological polar surface area (TPSA) is 114 Å². The number of nitro groups is 1. The van der Waals surface area contributed by atoms with Gasteiger partial charge in [0.05, 0.1) is 4.92 Å². The Morgan fingerprint density at radius 2 is 1.65 bits per heavy atom. The minimum absolute atomic E-state index is 0.0965. The molecule has 0 saturated carbocycles. The molecule has 0 unspecified atom stereocenters. The first-order valence-corrected chi connectivity index (χ1v) is 7.39. The number of nitro benzene ring substituents is 1. The van der Waals surface area contributed by atoms with E-state index >= 15 is 0 Å². The summed E-state index contributed by atoms with van der Waals surface area (Å²) < 4.78 is 0. The van der Waals surface area contributed by atoms with Crippen LogP contribution in [0.1, 0.15) is 39.5 Å². The zero-order chi connectivity index (χ0) is 17.2. The Bertz CT molecular complexity index is 588. The summed E-state index contributed by atoms with van der Waals surface area (Å²) in [5.74, 6) is -1.76.